The summed E-state index contributed by atoms with van der Waals surface area (Å²) in [5.74, 6) is 0. The van der Waals surface area contributed by atoms with Crippen LogP contribution in [0.25, 0.3) is 11.0 Å². The molecule has 74 valence electrons. The third kappa shape index (κ3) is 1.40. The van der Waals surface area contributed by atoms with Crippen LogP contribution in [-0.2, 0) is 0 Å². The van der Waals surface area contributed by atoms with Crippen molar-refractivity contribution in [2.45, 2.75) is 13.8 Å². The number of benzene rings is 1. The van der Waals surface area contributed by atoms with E-state index in [2.05, 4.69) is 0 Å². The lowest BCUT2D eigenvalue weighted by Crippen LogP contribution is -2.05. The summed E-state index contributed by atoms with van der Waals surface area (Å²) in [6.07, 6.45) is 1.21. The molecule has 3 nitrogen and oxygen atoms in total. The quantitative estimate of drug-likeness (QED) is 0.654. The molecule has 0 saturated heterocycles. The van der Waals surface area contributed by atoms with Crippen molar-refractivity contribution in [3.05, 3.63) is 45.3 Å². The second-order valence-corrected chi connectivity index (χ2v) is 3.52. The van der Waals surface area contributed by atoms with Crippen molar-refractivity contribution in [2.75, 3.05) is 0 Å². The summed E-state index contributed by atoms with van der Waals surface area (Å²) in [6, 6.07) is 5.39. The number of aryl methyl sites for hydroxylation is 2. The second-order valence-electron chi connectivity index (χ2n) is 3.52. The van der Waals surface area contributed by atoms with Gasteiger partial charge in [-0.05, 0) is 37.1 Å². The Morgan fingerprint density at radius 1 is 1.27 bits per heavy atom. The third-order valence-corrected chi connectivity index (χ3v) is 2.51. The number of hydrogen-bond donors (Lipinski definition) is 0. The minimum Gasteiger partial charge on any atom is -0.463 e. The van der Waals surface area contributed by atoms with Gasteiger partial charge in [0, 0.05) is 0 Å². The van der Waals surface area contributed by atoms with Gasteiger partial charge < -0.3 is 4.42 Å². The first-order valence-electron chi connectivity index (χ1n) is 4.56. The van der Waals surface area contributed by atoms with Crippen LogP contribution in [0.1, 0.15) is 16.7 Å². The molecule has 0 saturated carbocycles. The van der Waals surface area contributed by atoms with Crippen LogP contribution in [0.4, 0.5) is 0 Å². The fourth-order valence-corrected chi connectivity index (χ4v) is 1.46. The molecule has 1 aromatic carbocycles. The lowest BCUT2D eigenvalue weighted by atomic mass is 10.1. The Bertz CT molecular complexity index is 632. The number of fused-ring (bicyclic) bond motifs is 1. The first-order chi connectivity index (χ1) is 7.13. The summed E-state index contributed by atoms with van der Waals surface area (Å²) in [4.78, 5) is 11.7. The molecule has 0 aliphatic rings. The van der Waals surface area contributed by atoms with E-state index in [1.807, 2.05) is 26.0 Å². The molecule has 1 aromatic heterocycles. The predicted octanol–water partition coefficient (Wildman–Crippen LogP) is 2.28. The van der Waals surface area contributed by atoms with E-state index in [0.29, 0.717) is 11.0 Å². The zero-order chi connectivity index (χ0) is 11.0. The number of nitriles is 1. The minimum atomic E-state index is -0.262. The normalized spacial score (nSPS) is 10.2. The molecule has 0 atom stereocenters. The van der Waals surface area contributed by atoms with E-state index >= 15 is 0 Å². The highest BCUT2D eigenvalue weighted by Crippen LogP contribution is 2.16. The molecule has 15 heavy (non-hydrogen) atoms. The summed E-state index contributed by atoms with van der Waals surface area (Å²) in [5.41, 5.74) is 2.40. The zero-order valence-corrected chi connectivity index (χ0v) is 8.50. The summed E-state index contributed by atoms with van der Waals surface area (Å²) in [6.45, 7) is 3.88. The van der Waals surface area contributed by atoms with Crippen LogP contribution in [0.15, 0.2) is 27.6 Å². The third-order valence-electron chi connectivity index (χ3n) is 2.51. The average Bonchev–Trinajstić information content (AvgIpc) is 2.22. The Hall–Kier alpha value is -2.08. The van der Waals surface area contributed by atoms with Crippen molar-refractivity contribution < 1.29 is 4.42 Å². The predicted molar refractivity (Wildman–Crippen MR) is 56.7 cm³/mol. The van der Waals surface area contributed by atoms with Crippen LogP contribution in [0, 0.1) is 25.2 Å². The van der Waals surface area contributed by atoms with Crippen molar-refractivity contribution in [2.24, 2.45) is 0 Å². The molecule has 1 heterocycles. The maximum absolute atomic E-state index is 11.7. The van der Waals surface area contributed by atoms with Gasteiger partial charge in [0.25, 0.3) is 0 Å². The second kappa shape index (κ2) is 3.25. The summed E-state index contributed by atoms with van der Waals surface area (Å²) in [5, 5.41) is 9.16. The summed E-state index contributed by atoms with van der Waals surface area (Å²) >= 11 is 0. The van der Waals surface area contributed by atoms with E-state index < -0.39 is 0 Å². The van der Waals surface area contributed by atoms with E-state index in [1.165, 1.54) is 6.26 Å². The molecule has 3 heteroatoms. The number of nitrogens with zero attached hydrogens (tertiary/aromatic N) is 1. The SMILES string of the molecule is Cc1cc2occ(C#N)c(=O)c2cc1C. The van der Waals surface area contributed by atoms with Crippen LogP contribution < -0.4 is 5.43 Å². The molecule has 0 unspecified atom stereocenters. The molecule has 0 amide bonds. The topological polar surface area (TPSA) is 54.0 Å². The Balaban J connectivity index is 2.96. The van der Waals surface area contributed by atoms with Gasteiger partial charge in [-0.25, -0.2) is 0 Å². The molecular weight excluding hydrogens is 190 g/mol. The highest BCUT2D eigenvalue weighted by molar-refractivity contribution is 5.79. The van der Waals surface area contributed by atoms with Crippen molar-refractivity contribution in [1.82, 2.24) is 0 Å². The first-order valence-corrected chi connectivity index (χ1v) is 4.56. The van der Waals surface area contributed by atoms with Gasteiger partial charge in [0.05, 0.1) is 5.39 Å². The van der Waals surface area contributed by atoms with Crippen LogP contribution >= 0.6 is 0 Å². The maximum Gasteiger partial charge on any atom is 0.210 e. The van der Waals surface area contributed by atoms with Gasteiger partial charge in [-0.3, -0.25) is 4.79 Å². The van der Waals surface area contributed by atoms with Crippen molar-refractivity contribution in [3.8, 4) is 6.07 Å². The van der Waals surface area contributed by atoms with Crippen molar-refractivity contribution in [3.63, 3.8) is 0 Å². The molecule has 0 aliphatic carbocycles. The lowest BCUT2D eigenvalue weighted by molar-refractivity contribution is 0.600. The van der Waals surface area contributed by atoms with Gasteiger partial charge in [0.2, 0.25) is 5.43 Å². The van der Waals surface area contributed by atoms with E-state index in [0.717, 1.165) is 11.1 Å². The summed E-state index contributed by atoms with van der Waals surface area (Å²) in [7, 11) is 0. The maximum atomic E-state index is 11.7. The van der Waals surface area contributed by atoms with Gasteiger partial charge in [0.1, 0.15) is 23.5 Å². The van der Waals surface area contributed by atoms with Crippen molar-refractivity contribution >= 4 is 11.0 Å². The van der Waals surface area contributed by atoms with E-state index in [9.17, 15) is 4.79 Å². The molecule has 0 radical (unpaired) electrons. The van der Waals surface area contributed by atoms with E-state index in [-0.39, 0.29) is 11.0 Å². The van der Waals surface area contributed by atoms with Gasteiger partial charge >= 0.3 is 0 Å². The van der Waals surface area contributed by atoms with Gasteiger partial charge in [-0.15, -0.1) is 0 Å². The van der Waals surface area contributed by atoms with Crippen LogP contribution in [0.5, 0.6) is 0 Å². The highest BCUT2D eigenvalue weighted by Gasteiger charge is 2.07. The molecule has 0 bridgehead atoms. The van der Waals surface area contributed by atoms with Crippen molar-refractivity contribution in [1.29, 1.82) is 5.26 Å². The molecule has 0 aliphatic heterocycles. The Labute approximate surface area is 86.6 Å². The largest absolute Gasteiger partial charge is 0.463 e. The fourth-order valence-electron chi connectivity index (χ4n) is 1.46. The molecule has 0 fully saturated rings. The number of rotatable bonds is 0. The molecule has 2 aromatic rings. The molecule has 0 N–H and O–H groups in total. The zero-order valence-electron chi connectivity index (χ0n) is 8.50. The summed E-state index contributed by atoms with van der Waals surface area (Å²) < 4.78 is 5.23. The number of hydrogen-bond acceptors (Lipinski definition) is 3. The Morgan fingerprint density at radius 3 is 2.60 bits per heavy atom. The first kappa shape index (κ1) is 9.47. The van der Waals surface area contributed by atoms with Gasteiger partial charge in [-0.2, -0.15) is 5.26 Å². The van der Waals surface area contributed by atoms with Gasteiger partial charge in [0.15, 0.2) is 0 Å². The minimum absolute atomic E-state index is 0.0470. The lowest BCUT2D eigenvalue weighted by Gasteiger charge is -2.02. The van der Waals surface area contributed by atoms with Crippen LogP contribution in [0.3, 0.4) is 0 Å². The Kier molecular flexibility index (Phi) is 2.05. The van der Waals surface area contributed by atoms with E-state index in [4.69, 9.17) is 9.68 Å². The van der Waals surface area contributed by atoms with E-state index in [1.54, 1.807) is 6.07 Å². The van der Waals surface area contributed by atoms with Gasteiger partial charge in [-0.1, -0.05) is 0 Å². The molecule has 0 spiro atoms. The van der Waals surface area contributed by atoms with Crippen LogP contribution in [-0.4, -0.2) is 0 Å². The Morgan fingerprint density at radius 2 is 1.93 bits per heavy atom. The molecular formula is C12H9NO2. The highest BCUT2D eigenvalue weighted by atomic mass is 16.3. The molecule has 2 rings (SSSR count). The monoisotopic (exact) mass is 199 g/mol. The van der Waals surface area contributed by atoms with Crippen LogP contribution in [0.2, 0.25) is 0 Å². The average molecular weight is 199 g/mol. The standard InChI is InChI=1S/C12H9NO2/c1-7-3-10-11(4-8(7)2)15-6-9(5-13)12(10)14/h3-4,6H,1-2H3. The fraction of sp³-hybridized carbons (Fsp3) is 0.167. The smallest absolute Gasteiger partial charge is 0.210 e.